The first kappa shape index (κ1) is 99.7. The number of hydrogen-bond donors (Lipinski definition) is 7. The lowest BCUT2D eigenvalue weighted by molar-refractivity contribution is -0.293. The van der Waals surface area contributed by atoms with Crippen molar-refractivity contribution in [3.63, 3.8) is 0 Å². The molecule has 0 radical (unpaired) electrons. The molecule has 0 aromatic heterocycles. The van der Waals surface area contributed by atoms with E-state index in [4.69, 9.17) is 63.0 Å². The van der Waals surface area contributed by atoms with Crippen LogP contribution in [-0.4, -0.2) is 61.9 Å². The SMILES string of the molecule is CC(C)CCCC(C)C1CCC2C3CC=C4CC(C(CCC(=O)OCc5cc(N)cc(N)c5)OO)CCC4(C)C3CCC12C.CC(C)CCCC(C)C1CCC2C3CC=C4CC(OCCCCOC(=O)c5cc(N)cc(N)c5)CCC4(C)C3CCC12C.CC(C)CCCC(C)C1CCC2C3CC=C4CC(OCCCCOc5ccc(N)cc5N)CCC4(C)C3CCC12C. The van der Waals surface area contributed by atoms with Crippen molar-refractivity contribution in [3.05, 3.63) is 101 Å². The number of esters is 2. The summed E-state index contributed by atoms with van der Waals surface area (Å²) in [5.41, 5.74) is 47.2. The van der Waals surface area contributed by atoms with Crippen LogP contribution < -0.4 is 39.1 Å². The van der Waals surface area contributed by atoms with Crippen LogP contribution in [0.1, 0.15) is 370 Å². The van der Waals surface area contributed by atoms with Crippen LogP contribution in [0.3, 0.4) is 0 Å². The number of ether oxygens (including phenoxy) is 5. The number of carbonyl (C=O) groups excluding carboxylic acids is 2. The minimum Gasteiger partial charge on any atom is -0.491 e. The molecule has 12 aliphatic carbocycles. The van der Waals surface area contributed by atoms with Gasteiger partial charge in [0.25, 0.3) is 0 Å². The third kappa shape index (κ3) is 22.9. The van der Waals surface area contributed by atoms with E-state index in [2.05, 4.69) is 122 Å². The Hall–Kier alpha value is -5.74. The first-order valence-corrected chi connectivity index (χ1v) is 52.6. The second-order valence-electron chi connectivity index (χ2n) is 47.3. The van der Waals surface area contributed by atoms with Crippen molar-refractivity contribution in [2.24, 2.45) is 145 Å². The Balaban J connectivity index is 0.000000164. The topological polar surface area (TPSA) is 266 Å². The van der Waals surface area contributed by atoms with E-state index in [1.807, 2.05) is 12.1 Å². The van der Waals surface area contributed by atoms with Gasteiger partial charge in [-0.25, -0.2) is 9.68 Å². The highest BCUT2D eigenvalue weighted by atomic mass is 17.1. The summed E-state index contributed by atoms with van der Waals surface area (Å²) in [6.07, 6.45) is 56.6. The molecule has 15 nitrogen and oxygen atoms in total. The van der Waals surface area contributed by atoms with Crippen molar-refractivity contribution in [1.82, 2.24) is 0 Å². The zero-order valence-electron chi connectivity index (χ0n) is 82.9. The molecule has 9 saturated carbocycles. The Kier molecular flexibility index (Phi) is 34.1. The summed E-state index contributed by atoms with van der Waals surface area (Å²) in [6.45, 7) is 40.5. The molecule has 0 amide bonds. The molecule has 15 rings (SSSR count). The minimum atomic E-state index is -0.374. The van der Waals surface area contributed by atoms with Gasteiger partial charge >= 0.3 is 11.9 Å². The molecule has 716 valence electrons. The monoisotopic (exact) mass is 1770 g/mol. The van der Waals surface area contributed by atoms with Gasteiger partial charge in [0.2, 0.25) is 0 Å². The van der Waals surface area contributed by atoms with Crippen molar-refractivity contribution < 1.29 is 43.4 Å². The number of benzene rings is 3. The number of fused-ring (bicyclic) bond motifs is 15. The largest absolute Gasteiger partial charge is 0.491 e. The summed E-state index contributed by atoms with van der Waals surface area (Å²) >= 11 is 0. The molecule has 0 aliphatic heterocycles. The van der Waals surface area contributed by atoms with Crippen LogP contribution in [0.4, 0.5) is 34.1 Å². The van der Waals surface area contributed by atoms with Gasteiger partial charge in [-0.3, -0.25) is 10.1 Å². The Morgan fingerprint density at radius 2 is 0.812 bits per heavy atom. The van der Waals surface area contributed by atoms with Gasteiger partial charge < -0.3 is 58.1 Å². The number of anilines is 6. The van der Waals surface area contributed by atoms with Crippen LogP contribution in [0.25, 0.3) is 0 Å². The van der Waals surface area contributed by atoms with Crippen LogP contribution in [0.5, 0.6) is 5.75 Å². The van der Waals surface area contributed by atoms with E-state index in [1.165, 1.54) is 180 Å². The maximum Gasteiger partial charge on any atom is 0.338 e. The lowest BCUT2D eigenvalue weighted by atomic mass is 9.46. The van der Waals surface area contributed by atoms with Gasteiger partial charge in [0.1, 0.15) is 12.4 Å². The summed E-state index contributed by atoms with van der Waals surface area (Å²) in [6, 6.07) is 15.5. The second kappa shape index (κ2) is 43.7. The molecular weight excluding hydrogens is 1590 g/mol. The molecule has 3 aromatic carbocycles. The molecule has 25 unspecified atom stereocenters. The predicted molar refractivity (Wildman–Crippen MR) is 529 cm³/mol. The summed E-state index contributed by atoms with van der Waals surface area (Å²) in [5, 5.41) is 9.89. The van der Waals surface area contributed by atoms with E-state index in [-0.39, 0.29) is 42.4 Å². The fourth-order valence-electron chi connectivity index (χ4n) is 31.2. The molecule has 25 atom stereocenters. The van der Waals surface area contributed by atoms with E-state index in [1.54, 1.807) is 59.2 Å². The van der Waals surface area contributed by atoms with Gasteiger partial charge in [0, 0.05) is 48.1 Å². The van der Waals surface area contributed by atoms with E-state index in [0.717, 1.165) is 189 Å². The number of nitrogen functional groups attached to an aromatic ring is 6. The van der Waals surface area contributed by atoms with Crippen molar-refractivity contribution in [1.29, 1.82) is 0 Å². The first-order chi connectivity index (χ1) is 61.1. The van der Waals surface area contributed by atoms with Crippen molar-refractivity contribution >= 4 is 46.1 Å². The van der Waals surface area contributed by atoms with Gasteiger partial charge in [-0.2, -0.15) is 0 Å². The average molecular weight is 1770 g/mol. The Morgan fingerprint density at radius 1 is 0.406 bits per heavy atom. The molecule has 128 heavy (non-hydrogen) atoms. The van der Waals surface area contributed by atoms with Gasteiger partial charge in [0.15, 0.2) is 0 Å². The number of unbranched alkanes of at least 4 members (excludes halogenated alkanes) is 2. The Morgan fingerprint density at radius 3 is 1.23 bits per heavy atom. The fraction of sp³-hybridized carbons (Fsp3) is 0.770. The Labute approximate surface area is 776 Å². The summed E-state index contributed by atoms with van der Waals surface area (Å²) in [5.74, 6) is 15.9. The molecule has 12 aliphatic rings. The molecule has 0 bridgehead atoms. The van der Waals surface area contributed by atoms with Gasteiger partial charge in [-0.15, -0.1) is 0 Å². The lowest BCUT2D eigenvalue weighted by Gasteiger charge is -2.59. The molecule has 15 heteroatoms. The van der Waals surface area contributed by atoms with Crippen molar-refractivity contribution in [2.45, 2.75) is 379 Å². The highest BCUT2D eigenvalue weighted by Gasteiger charge is 2.63. The lowest BCUT2D eigenvalue weighted by Crippen LogP contribution is -2.51. The number of nitrogens with two attached hydrogens (primary N) is 6. The summed E-state index contributed by atoms with van der Waals surface area (Å²) < 4.78 is 29.6. The summed E-state index contributed by atoms with van der Waals surface area (Å²) in [4.78, 5) is 29.9. The van der Waals surface area contributed by atoms with Crippen LogP contribution in [0.15, 0.2) is 89.5 Å². The Bertz CT molecular complexity index is 4170. The molecule has 0 spiro atoms. The van der Waals surface area contributed by atoms with E-state index < -0.39 is 0 Å². The number of hydrogen-bond acceptors (Lipinski definition) is 15. The zero-order valence-corrected chi connectivity index (χ0v) is 82.9. The summed E-state index contributed by atoms with van der Waals surface area (Å²) in [7, 11) is 0. The zero-order chi connectivity index (χ0) is 91.6. The van der Waals surface area contributed by atoms with E-state index >= 15 is 0 Å². The van der Waals surface area contributed by atoms with Crippen LogP contribution in [0.2, 0.25) is 0 Å². The van der Waals surface area contributed by atoms with Crippen molar-refractivity contribution in [3.8, 4) is 5.75 Å². The molecule has 0 heterocycles. The predicted octanol–water partition coefficient (Wildman–Crippen LogP) is 27.8. The van der Waals surface area contributed by atoms with Gasteiger partial charge in [-0.05, 0) is 391 Å². The molecule has 3 aromatic rings. The highest BCUT2D eigenvalue weighted by molar-refractivity contribution is 5.91. The first-order valence-electron chi connectivity index (χ1n) is 52.6. The molecule has 13 N–H and O–H groups in total. The number of rotatable bonds is 36. The van der Waals surface area contributed by atoms with Gasteiger partial charge in [0.05, 0.1) is 42.8 Å². The third-order valence-corrected chi connectivity index (χ3v) is 38.1. The van der Waals surface area contributed by atoms with Crippen molar-refractivity contribution in [2.75, 3.05) is 60.8 Å². The number of carbonyl (C=O) groups is 2. The maximum atomic E-state index is 12.6. The molecule has 0 saturated heterocycles. The maximum absolute atomic E-state index is 12.6. The fourth-order valence-corrected chi connectivity index (χ4v) is 31.2. The smallest absolute Gasteiger partial charge is 0.338 e. The van der Waals surface area contributed by atoms with Crippen LogP contribution >= 0.6 is 0 Å². The third-order valence-electron chi connectivity index (χ3n) is 38.1. The minimum absolute atomic E-state index is 0.133. The van der Waals surface area contributed by atoms with Crippen LogP contribution in [0, 0.1) is 145 Å². The normalized spacial score (nSPS) is 34.6. The standard InChI is InChI=1S/C38H60N2O4.C38H60N2O3.C37H60N2O2/c1-24(2)7-6-8-25(3)32-11-12-33-31-10-9-28-21-27(15-17-37(28,4)34(31)16-18-38(32,33)5)35(44-42)13-14-36(41)43-23-26-19-29(39)22-30(40)20-26;1-25(2)9-8-10-26(3)33-13-14-34-32-12-11-28-23-31(15-17-37(28,4)35(32)16-18-38(33,34)5)42-19-6-7-20-43-36(41)27-21-29(39)24-30(40)22-27;1-25(2)9-8-10-26(3)31-14-15-32-30-13-11-27-23-29(17-19-36(27,4)33(30)18-20-37(31,32)5)40-21-6-7-22-41-35-16-12-28(38)24-34(35)39/h9,19-20,22,24-25,27,31-35,42H,6-8,10-18,21,23,39-40H2,1-5H3;11,21-22,24-26,31-35H,6-10,12-20,23,39-40H2,1-5H3;11-12,16,24-26,29-33H,6-10,13-15,17-23,38-39H2,1-5H3. The quantitative estimate of drug-likeness (QED) is 0.00713. The van der Waals surface area contributed by atoms with Crippen LogP contribution in [-0.2, 0) is 35.2 Å². The van der Waals surface area contributed by atoms with E-state index in [9.17, 15) is 14.8 Å². The molecular formula is C113H180N6O9. The van der Waals surface area contributed by atoms with Gasteiger partial charge in [-0.1, -0.05) is 197 Å². The average Bonchev–Trinajstić information content (AvgIpc) is 1.45. The molecule has 9 fully saturated rings. The highest BCUT2D eigenvalue weighted by Crippen LogP contribution is 2.72. The van der Waals surface area contributed by atoms with E-state index in [0.29, 0.717) is 98.6 Å². The second-order valence-corrected chi connectivity index (χ2v) is 47.3. The number of allylic oxidation sites excluding steroid dienone is 4.